The number of carbonyl (C=O) groups is 1. The van der Waals surface area contributed by atoms with E-state index in [1.165, 1.54) is 31.9 Å². The number of hydrogen-bond acceptors (Lipinski definition) is 5. The molecule has 0 fully saturated rings. The van der Waals surface area contributed by atoms with Gasteiger partial charge in [-0.05, 0) is 35.9 Å². The number of anilines is 1. The first-order valence-electron chi connectivity index (χ1n) is 13.3. The van der Waals surface area contributed by atoms with Crippen LogP contribution in [0, 0.1) is 5.41 Å². The lowest BCUT2D eigenvalue weighted by Gasteiger charge is -2.47. The highest BCUT2D eigenvalue weighted by atomic mass is 32.2. The van der Waals surface area contributed by atoms with Crippen LogP contribution in [0.2, 0.25) is 0 Å². The summed E-state index contributed by atoms with van der Waals surface area (Å²) in [6, 6.07) is 24.8. The number of para-hydroxylation sites is 1. The molecule has 0 bridgehead atoms. The summed E-state index contributed by atoms with van der Waals surface area (Å²) in [5.74, 6) is -0.779. The van der Waals surface area contributed by atoms with Crippen molar-refractivity contribution in [2.45, 2.75) is 43.4 Å². The molecule has 3 aromatic carbocycles. The zero-order valence-corrected chi connectivity index (χ0v) is 23.3. The highest BCUT2D eigenvalue weighted by Crippen LogP contribution is 2.56. The number of nitrogens with zero attached hydrogens (tertiary/aromatic N) is 2. The first-order valence-corrected chi connectivity index (χ1v) is 14.9. The minimum Gasteiger partial charge on any atom is -0.478 e. The fourth-order valence-electron chi connectivity index (χ4n) is 6.68. The van der Waals surface area contributed by atoms with Crippen molar-refractivity contribution in [2.24, 2.45) is 5.41 Å². The maximum Gasteiger partial charge on any atom is 0.335 e. The molecule has 1 N–H and O–H groups in total. The average molecular weight is 552 g/mol. The molecule has 5 nitrogen and oxygen atoms in total. The summed E-state index contributed by atoms with van der Waals surface area (Å²) in [5, 5.41) is 12.1. The second-order valence-electron chi connectivity index (χ2n) is 11.5. The minimum absolute atomic E-state index is 0.00920. The van der Waals surface area contributed by atoms with Crippen molar-refractivity contribution in [3.8, 4) is 0 Å². The Morgan fingerprint density at radius 2 is 1.87 bits per heavy atom. The van der Waals surface area contributed by atoms with Crippen molar-refractivity contribution in [3.05, 3.63) is 106 Å². The van der Waals surface area contributed by atoms with Gasteiger partial charge in [0.25, 0.3) is 5.01 Å². The maximum absolute atomic E-state index is 11.8. The Bertz CT molecular complexity index is 1750. The van der Waals surface area contributed by atoms with Crippen molar-refractivity contribution in [1.82, 2.24) is 0 Å². The molecule has 0 amide bonds. The molecule has 5 heterocycles. The molecule has 0 spiro atoms. The number of aromatic carboxylic acids is 1. The zero-order chi connectivity index (χ0) is 26.5. The van der Waals surface area contributed by atoms with Gasteiger partial charge in [-0.3, -0.25) is 0 Å². The summed E-state index contributed by atoms with van der Waals surface area (Å²) in [6.45, 7) is 6.31. The summed E-state index contributed by atoms with van der Waals surface area (Å²) in [5.41, 5.74) is 6.18. The highest BCUT2D eigenvalue weighted by Gasteiger charge is 2.53. The zero-order valence-electron chi connectivity index (χ0n) is 21.6. The van der Waals surface area contributed by atoms with Crippen LogP contribution in [0.5, 0.6) is 0 Å². The molecule has 3 atom stereocenters. The average Bonchev–Trinajstić information content (AvgIpc) is 3.50. The normalized spacial score (nSPS) is 24.4. The Morgan fingerprint density at radius 3 is 2.69 bits per heavy atom. The summed E-state index contributed by atoms with van der Waals surface area (Å²) in [7, 11) is 0. The monoisotopic (exact) mass is 551 g/mol. The Morgan fingerprint density at radius 1 is 1.08 bits per heavy atom. The summed E-state index contributed by atoms with van der Waals surface area (Å²) < 4.78 is 11.0. The van der Waals surface area contributed by atoms with Crippen LogP contribution in [0.4, 0.5) is 5.69 Å². The van der Waals surface area contributed by atoms with E-state index in [1.807, 2.05) is 23.5 Å². The van der Waals surface area contributed by atoms with E-state index in [0.29, 0.717) is 5.56 Å². The first kappa shape index (κ1) is 23.5. The van der Waals surface area contributed by atoms with Crippen molar-refractivity contribution >= 4 is 50.5 Å². The number of fused-ring (bicyclic) bond motifs is 9. The van der Waals surface area contributed by atoms with Crippen LogP contribution in [-0.4, -0.2) is 29.8 Å². The molecule has 0 aliphatic carbocycles. The molecule has 0 radical (unpaired) electrons. The number of benzene rings is 3. The SMILES string of the molecule is CC1(C)C[n+]2c(sc3ccccc32)C2=CC3=C4Sc5ccc(C(=O)O)cc5N4CC(c4ccccc4)C3OC21. The van der Waals surface area contributed by atoms with E-state index in [9.17, 15) is 9.90 Å². The lowest BCUT2D eigenvalue weighted by atomic mass is 9.75. The lowest BCUT2D eigenvalue weighted by molar-refractivity contribution is -0.688. The van der Waals surface area contributed by atoms with Gasteiger partial charge in [-0.25, -0.2) is 4.79 Å². The van der Waals surface area contributed by atoms with E-state index in [0.717, 1.165) is 28.7 Å². The van der Waals surface area contributed by atoms with E-state index in [4.69, 9.17) is 4.74 Å². The lowest BCUT2D eigenvalue weighted by Crippen LogP contribution is -2.57. The van der Waals surface area contributed by atoms with E-state index < -0.39 is 5.97 Å². The predicted molar refractivity (Wildman–Crippen MR) is 155 cm³/mol. The predicted octanol–water partition coefficient (Wildman–Crippen LogP) is 6.70. The van der Waals surface area contributed by atoms with E-state index in [1.54, 1.807) is 17.8 Å². The van der Waals surface area contributed by atoms with Crippen LogP contribution >= 0.6 is 23.1 Å². The second-order valence-corrected chi connectivity index (χ2v) is 13.5. The van der Waals surface area contributed by atoms with Gasteiger partial charge in [-0.2, -0.15) is 4.57 Å². The number of carboxylic acid groups (broad SMARTS) is 1. The highest BCUT2D eigenvalue weighted by molar-refractivity contribution is 8.03. The van der Waals surface area contributed by atoms with Gasteiger partial charge in [-0.15, -0.1) is 0 Å². The third kappa shape index (κ3) is 3.43. The molecular weight excluding hydrogens is 524 g/mol. The maximum atomic E-state index is 11.8. The van der Waals surface area contributed by atoms with Crippen LogP contribution in [0.15, 0.2) is 94.4 Å². The Hall–Kier alpha value is -3.39. The fraction of sp³-hybridized carbons (Fsp3) is 0.250. The van der Waals surface area contributed by atoms with Gasteiger partial charge < -0.3 is 14.7 Å². The molecule has 39 heavy (non-hydrogen) atoms. The van der Waals surface area contributed by atoms with E-state index in [2.05, 4.69) is 84.0 Å². The van der Waals surface area contributed by atoms with Crippen LogP contribution in [0.3, 0.4) is 0 Å². The van der Waals surface area contributed by atoms with Gasteiger partial charge in [0.1, 0.15) is 10.8 Å². The Labute approximate surface area is 235 Å². The van der Waals surface area contributed by atoms with Gasteiger partial charge in [0.05, 0.1) is 33.4 Å². The van der Waals surface area contributed by atoms with Crippen molar-refractivity contribution in [1.29, 1.82) is 0 Å². The number of hydrogen-bond donors (Lipinski definition) is 1. The summed E-state index contributed by atoms with van der Waals surface area (Å²) in [6.07, 6.45) is 2.33. The topological polar surface area (TPSA) is 53.7 Å². The quantitative estimate of drug-likeness (QED) is 0.281. The van der Waals surface area contributed by atoms with Crippen LogP contribution in [0.25, 0.3) is 15.8 Å². The number of carboxylic acids is 1. The van der Waals surface area contributed by atoms with E-state index >= 15 is 0 Å². The molecule has 4 aromatic rings. The number of thioether (sulfide) groups is 1. The summed E-state index contributed by atoms with van der Waals surface area (Å²) in [4.78, 5) is 15.2. The van der Waals surface area contributed by atoms with Gasteiger partial charge in [0.2, 0.25) is 5.52 Å². The fourth-order valence-corrected chi connectivity index (χ4v) is 9.06. The minimum atomic E-state index is -0.900. The number of rotatable bonds is 2. The largest absolute Gasteiger partial charge is 0.478 e. The third-order valence-corrected chi connectivity index (χ3v) is 10.9. The molecule has 1 aromatic heterocycles. The van der Waals surface area contributed by atoms with E-state index in [-0.39, 0.29) is 23.5 Å². The van der Waals surface area contributed by atoms with Crippen molar-refractivity contribution in [2.75, 3.05) is 11.4 Å². The smallest absolute Gasteiger partial charge is 0.335 e. The van der Waals surface area contributed by atoms with Gasteiger partial charge >= 0.3 is 5.97 Å². The van der Waals surface area contributed by atoms with Crippen LogP contribution in [-0.2, 0) is 11.3 Å². The molecule has 8 rings (SSSR count). The first-order chi connectivity index (χ1) is 18.9. The number of aromatic nitrogens is 1. The van der Waals surface area contributed by atoms with Gasteiger partial charge in [0.15, 0.2) is 6.54 Å². The molecule has 0 saturated carbocycles. The standard InChI is InChI=1S/C32H26N2O3S2/c1-32(2)17-34-23-10-6-7-11-25(23)38-30(34)21-15-20-27(37-28(21)32)22(18-8-4-3-5-9-18)16-33-24-14-19(31(35)36)12-13-26(24)39-29(20)33/h3-15,22,27-28H,16-17H2,1-2H3/p+1. The molecule has 4 aliphatic heterocycles. The molecule has 194 valence electrons. The molecule has 0 saturated heterocycles. The molecular formula is C32H27N2O3S2+. The second kappa shape index (κ2) is 8.31. The third-order valence-electron chi connectivity index (χ3n) is 8.48. The van der Waals surface area contributed by atoms with Crippen molar-refractivity contribution < 1.29 is 19.2 Å². The van der Waals surface area contributed by atoms with Crippen molar-refractivity contribution in [3.63, 3.8) is 0 Å². The Kier molecular flexibility index (Phi) is 5.00. The number of thiazole rings is 1. The number of ether oxygens (including phenoxy) is 1. The van der Waals surface area contributed by atoms with Crippen LogP contribution < -0.4 is 9.47 Å². The molecule has 7 heteroatoms. The van der Waals surface area contributed by atoms with Gasteiger partial charge in [0, 0.05) is 29.0 Å². The van der Waals surface area contributed by atoms with Crippen LogP contribution in [0.1, 0.15) is 40.7 Å². The van der Waals surface area contributed by atoms with Gasteiger partial charge in [-0.1, -0.05) is 79.4 Å². The Balaban J connectivity index is 1.36. The summed E-state index contributed by atoms with van der Waals surface area (Å²) >= 11 is 3.58. The molecule has 3 unspecified atom stereocenters. The molecule has 4 aliphatic rings.